The molecule has 0 aliphatic carbocycles. The molecule has 1 aliphatic heterocycles. The maximum atomic E-state index is 3.71. The number of nitrogens with zero attached hydrogens (tertiary/aromatic N) is 1. The van der Waals surface area contributed by atoms with E-state index in [0.717, 1.165) is 5.92 Å². The fraction of sp³-hybridized carbons (Fsp3) is 0.684. The SMILES string of the molecule is CCCCc1ccc(NC2CCN(CC(C)C)CC2)cc1. The van der Waals surface area contributed by atoms with Gasteiger partial charge in [0.25, 0.3) is 0 Å². The second-order valence-electron chi connectivity index (χ2n) is 6.91. The lowest BCUT2D eigenvalue weighted by Crippen LogP contribution is -2.40. The van der Waals surface area contributed by atoms with Gasteiger partial charge in [0, 0.05) is 31.4 Å². The van der Waals surface area contributed by atoms with Crippen LogP contribution in [0, 0.1) is 5.92 Å². The predicted octanol–water partition coefficient (Wildman–Crippen LogP) is 4.56. The van der Waals surface area contributed by atoms with Crippen LogP contribution in [0.2, 0.25) is 0 Å². The van der Waals surface area contributed by atoms with Gasteiger partial charge in [0.1, 0.15) is 0 Å². The monoisotopic (exact) mass is 288 g/mol. The maximum Gasteiger partial charge on any atom is 0.0342 e. The molecule has 1 saturated heterocycles. The van der Waals surface area contributed by atoms with Crippen molar-refractivity contribution in [3.05, 3.63) is 29.8 Å². The van der Waals surface area contributed by atoms with Crippen LogP contribution in [0.25, 0.3) is 0 Å². The minimum atomic E-state index is 0.648. The zero-order chi connectivity index (χ0) is 15.1. The molecule has 2 heteroatoms. The van der Waals surface area contributed by atoms with Gasteiger partial charge in [-0.3, -0.25) is 0 Å². The Labute approximate surface area is 130 Å². The van der Waals surface area contributed by atoms with Crippen LogP contribution in [0.1, 0.15) is 52.0 Å². The number of anilines is 1. The molecule has 1 aromatic carbocycles. The first-order chi connectivity index (χ1) is 10.2. The molecule has 21 heavy (non-hydrogen) atoms. The summed E-state index contributed by atoms with van der Waals surface area (Å²) < 4.78 is 0. The minimum absolute atomic E-state index is 0.648. The van der Waals surface area contributed by atoms with E-state index in [-0.39, 0.29) is 0 Å². The highest BCUT2D eigenvalue weighted by atomic mass is 15.1. The molecule has 0 unspecified atom stereocenters. The Hall–Kier alpha value is -1.02. The van der Waals surface area contributed by atoms with Crippen LogP contribution in [0.4, 0.5) is 5.69 Å². The standard InChI is InChI=1S/C19H32N2/c1-4-5-6-17-7-9-18(10-8-17)20-19-11-13-21(14-12-19)15-16(2)3/h7-10,16,19-20H,4-6,11-15H2,1-3H3. The summed E-state index contributed by atoms with van der Waals surface area (Å²) in [5, 5.41) is 3.71. The molecule has 0 saturated carbocycles. The molecule has 0 bridgehead atoms. The van der Waals surface area contributed by atoms with E-state index in [4.69, 9.17) is 0 Å². The van der Waals surface area contributed by atoms with Gasteiger partial charge < -0.3 is 10.2 Å². The van der Waals surface area contributed by atoms with Gasteiger partial charge in [0.2, 0.25) is 0 Å². The Morgan fingerprint density at radius 3 is 2.38 bits per heavy atom. The third kappa shape index (κ3) is 5.70. The van der Waals surface area contributed by atoms with E-state index in [2.05, 4.69) is 55.3 Å². The third-order valence-electron chi connectivity index (χ3n) is 4.35. The third-order valence-corrected chi connectivity index (χ3v) is 4.35. The van der Waals surface area contributed by atoms with Crippen LogP contribution in [-0.2, 0) is 6.42 Å². The summed E-state index contributed by atoms with van der Waals surface area (Å²) in [5.74, 6) is 0.783. The average molecular weight is 288 g/mol. The molecule has 1 N–H and O–H groups in total. The number of nitrogens with one attached hydrogen (secondary N) is 1. The minimum Gasteiger partial charge on any atom is -0.382 e. The van der Waals surface area contributed by atoms with Gasteiger partial charge in [0.15, 0.2) is 0 Å². The first-order valence-corrected chi connectivity index (χ1v) is 8.75. The van der Waals surface area contributed by atoms with Crippen molar-refractivity contribution in [2.75, 3.05) is 25.0 Å². The first-order valence-electron chi connectivity index (χ1n) is 8.75. The fourth-order valence-electron chi connectivity index (χ4n) is 3.16. The average Bonchev–Trinajstić information content (AvgIpc) is 2.48. The van der Waals surface area contributed by atoms with E-state index < -0.39 is 0 Å². The van der Waals surface area contributed by atoms with E-state index in [0.29, 0.717) is 6.04 Å². The number of hydrogen-bond acceptors (Lipinski definition) is 2. The molecular weight excluding hydrogens is 256 g/mol. The number of unbranched alkanes of at least 4 members (excludes halogenated alkanes) is 1. The van der Waals surface area contributed by atoms with Crippen LogP contribution in [0.15, 0.2) is 24.3 Å². The van der Waals surface area contributed by atoms with Crippen LogP contribution in [-0.4, -0.2) is 30.6 Å². The van der Waals surface area contributed by atoms with Crippen molar-refractivity contribution in [3.63, 3.8) is 0 Å². The number of aryl methyl sites for hydroxylation is 1. The molecule has 2 rings (SSSR count). The summed E-state index contributed by atoms with van der Waals surface area (Å²) in [6.45, 7) is 10.6. The van der Waals surface area contributed by atoms with Crippen molar-refractivity contribution in [1.82, 2.24) is 4.90 Å². The Balaban J connectivity index is 1.75. The summed E-state index contributed by atoms with van der Waals surface area (Å²) >= 11 is 0. The van der Waals surface area contributed by atoms with Gasteiger partial charge in [-0.25, -0.2) is 0 Å². The number of benzene rings is 1. The van der Waals surface area contributed by atoms with E-state index in [1.807, 2.05) is 0 Å². The molecule has 1 heterocycles. The summed E-state index contributed by atoms with van der Waals surface area (Å²) in [6, 6.07) is 9.73. The lowest BCUT2D eigenvalue weighted by Gasteiger charge is -2.33. The highest BCUT2D eigenvalue weighted by Crippen LogP contribution is 2.18. The topological polar surface area (TPSA) is 15.3 Å². The van der Waals surface area contributed by atoms with Crippen LogP contribution < -0.4 is 5.32 Å². The number of likely N-dealkylation sites (tertiary alicyclic amines) is 1. The zero-order valence-electron chi connectivity index (χ0n) is 14.1. The Morgan fingerprint density at radius 2 is 1.81 bits per heavy atom. The molecular formula is C19H32N2. The van der Waals surface area contributed by atoms with Crippen LogP contribution in [0.3, 0.4) is 0 Å². The van der Waals surface area contributed by atoms with Gasteiger partial charge in [-0.05, 0) is 49.3 Å². The molecule has 118 valence electrons. The highest BCUT2D eigenvalue weighted by molar-refractivity contribution is 5.45. The van der Waals surface area contributed by atoms with Gasteiger partial charge >= 0.3 is 0 Å². The quantitative estimate of drug-likeness (QED) is 0.791. The second-order valence-corrected chi connectivity index (χ2v) is 6.91. The van der Waals surface area contributed by atoms with E-state index in [1.54, 1.807) is 0 Å². The molecule has 2 nitrogen and oxygen atoms in total. The van der Waals surface area contributed by atoms with Gasteiger partial charge in [-0.1, -0.05) is 39.3 Å². The number of piperidine rings is 1. The molecule has 0 atom stereocenters. The van der Waals surface area contributed by atoms with E-state index in [1.165, 1.54) is 63.0 Å². The molecule has 1 aliphatic rings. The molecule has 0 radical (unpaired) electrons. The van der Waals surface area contributed by atoms with Crippen molar-refractivity contribution < 1.29 is 0 Å². The first kappa shape index (κ1) is 16.4. The molecule has 1 aromatic rings. The fourth-order valence-corrected chi connectivity index (χ4v) is 3.16. The van der Waals surface area contributed by atoms with Crippen molar-refractivity contribution in [3.8, 4) is 0 Å². The van der Waals surface area contributed by atoms with Crippen molar-refractivity contribution >= 4 is 5.69 Å². The lowest BCUT2D eigenvalue weighted by molar-refractivity contribution is 0.198. The highest BCUT2D eigenvalue weighted by Gasteiger charge is 2.19. The van der Waals surface area contributed by atoms with E-state index >= 15 is 0 Å². The predicted molar refractivity (Wildman–Crippen MR) is 93.0 cm³/mol. The summed E-state index contributed by atoms with van der Waals surface area (Å²) in [5.41, 5.74) is 2.76. The van der Waals surface area contributed by atoms with Crippen molar-refractivity contribution in [2.45, 2.75) is 58.9 Å². The molecule has 1 fully saturated rings. The molecule has 0 spiro atoms. The molecule has 0 aromatic heterocycles. The Bertz CT molecular complexity index is 389. The number of rotatable bonds is 7. The van der Waals surface area contributed by atoms with Crippen LogP contribution in [0.5, 0.6) is 0 Å². The lowest BCUT2D eigenvalue weighted by atomic mass is 10.0. The number of hydrogen-bond donors (Lipinski definition) is 1. The van der Waals surface area contributed by atoms with Gasteiger partial charge in [0.05, 0.1) is 0 Å². The largest absolute Gasteiger partial charge is 0.382 e. The smallest absolute Gasteiger partial charge is 0.0342 e. The Morgan fingerprint density at radius 1 is 1.14 bits per heavy atom. The summed E-state index contributed by atoms with van der Waals surface area (Å²) in [6.07, 6.45) is 6.31. The van der Waals surface area contributed by atoms with Crippen molar-refractivity contribution in [1.29, 1.82) is 0 Å². The van der Waals surface area contributed by atoms with Gasteiger partial charge in [-0.15, -0.1) is 0 Å². The summed E-state index contributed by atoms with van der Waals surface area (Å²) in [4.78, 5) is 2.61. The van der Waals surface area contributed by atoms with Gasteiger partial charge in [-0.2, -0.15) is 0 Å². The van der Waals surface area contributed by atoms with Crippen molar-refractivity contribution in [2.24, 2.45) is 5.92 Å². The molecule has 0 amide bonds. The Kier molecular flexibility index (Phi) is 6.56. The van der Waals surface area contributed by atoms with E-state index in [9.17, 15) is 0 Å². The van der Waals surface area contributed by atoms with Crippen LogP contribution >= 0.6 is 0 Å². The zero-order valence-corrected chi connectivity index (χ0v) is 14.1. The maximum absolute atomic E-state index is 3.71. The summed E-state index contributed by atoms with van der Waals surface area (Å²) in [7, 11) is 0. The second kappa shape index (κ2) is 8.43. The normalized spacial score (nSPS) is 17.3.